The molecule has 0 radical (unpaired) electrons. The molecule has 8 heteroatoms. The summed E-state index contributed by atoms with van der Waals surface area (Å²) in [6, 6.07) is 12.7. The first-order valence-corrected chi connectivity index (χ1v) is 10.6. The number of ether oxygens (including phenoxy) is 2. The van der Waals surface area contributed by atoms with Gasteiger partial charge in [-0.2, -0.15) is 0 Å². The number of benzene rings is 2. The van der Waals surface area contributed by atoms with Crippen LogP contribution in [0.2, 0.25) is 0 Å². The van der Waals surface area contributed by atoms with Crippen molar-refractivity contribution in [2.45, 2.75) is 22.7 Å². The van der Waals surface area contributed by atoms with Gasteiger partial charge >= 0.3 is 11.9 Å². The first kappa shape index (κ1) is 19.8. The predicted molar refractivity (Wildman–Crippen MR) is 112 cm³/mol. The van der Waals surface area contributed by atoms with Crippen LogP contribution in [0, 0.1) is 11.3 Å². The molecule has 0 N–H and O–H groups in total. The van der Waals surface area contributed by atoms with E-state index < -0.39 is 45.8 Å². The Morgan fingerprint density at radius 2 is 1.45 bits per heavy atom. The first-order chi connectivity index (χ1) is 14.8. The number of ketones is 2. The fraction of sp³-hybridized carbons (Fsp3) is 0.304. The molecule has 1 spiro atoms. The highest BCUT2D eigenvalue weighted by atomic mass is 32.2. The molecular formula is C23H19NO6S. The summed E-state index contributed by atoms with van der Waals surface area (Å²) < 4.78 is 10.1. The number of carbonyl (C=O) groups excluding carboxylic acids is 4. The van der Waals surface area contributed by atoms with Gasteiger partial charge in [-0.15, -0.1) is 0 Å². The fourth-order valence-electron chi connectivity index (χ4n) is 5.50. The van der Waals surface area contributed by atoms with Crippen LogP contribution >= 0.6 is 11.8 Å². The summed E-state index contributed by atoms with van der Waals surface area (Å²) in [6.07, 6.45) is 0. The molecule has 2 aromatic carbocycles. The lowest BCUT2D eigenvalue weighted by Gasteiger charge is -2.39. The monoisotopic (exact) mass is 437 g/mol. The van der Waals surface area contributed by atoms with E-state index in [-0.39, 0.29) is 11.1 Å². The Labute approximate surface area is 182 Å². The average molecular weight is 437 g/mol. The Morgan fingerprint density at radius 1 is 0.903 bits per heavy atom. The Kier molecular flexibility index (Phi) is 4.11. The van der Waals surface area contributed by atoms with Crippen molar-refractivity contribution in [3.8, 4) is 0 Å². The smallest absolute Gasteiger partial charge is 0.329 e. The van der Waals surface area contributed by atoms with Gasteiger partial charge in [-0.05, 0) is 19.1 Å². The standard InChI is InChI=1S/C23H19NO6S/c1-22-23(18(25)12-8-4-5-9-13(12)19(23)26)16(20(27)29-2)17(21(28)30-3)24(22)14-10-6-7-11-15(14)31-22/h4-11,16-17H,1-3H3/t16-,17-,22?/m0/s1. The van der Waals surface area contributed by atoms with Crippen LogP contribution in [0.4, 0.5) is 5.69 Å². The van der Waals surface area contributed by atoms with Gasteiger partial charge in [0.05, 0.1) is 19.9 Å². The molecule has 1 saturated heterocycles. The van der Waals surface area contributed by atoms with Crippen LogP contribution in [0.5, 0.6) is 0 Å². The van der Waals surface area contributed by atoms with E-state index in [1.807, 2.05) is 24.3 Å². The van der Waals surface area contributed by atoms with Gasteiger partial charge in [0, 0.05) is 16.0 Å². The van der Waals surface area contributed by atoms with Crippen LogP contribution in [0.1, 0.15) is 27.6 Å². The van der Waals surface area contributed by atoms with Crippen molar-refractivity contribution in [3.63, 3.8) is 0 Å². The second kappa shape index (κ2) is 6.43. The maximum atomic E-state index is 14.0. The van der Waals surface area contributed by atoms with Crippen LogP contribution in [0.3, 0.4) is 0 Å². The highest BCUT2D eigenvalue weighted by molar-refractivity contribution is 8.01. The number of anilines is 1. The number of hydrogen-bond donors (Lipinski definition) is 0. The molecule has 2 aliphatic heterocycles. The molecule has 7 nitrogen and oxygen atoms in total. The number of esters is 2. The van der Waals surface area contributed by atoms with E-state index in [4.69, 9.17) is 9.47 Å². The molecule has 31 heavy (non-hydrogen) atoms. The summed E-state index contributed by atoms with van der Waals surface area (Å²) in [4.78, 5) is 55.5. The van der Waals surface area contributed by atoms with Gasteiger partial charge in [0.2, 0.25) is 0 Å². The quantitative estimate of drug-likeness (QED) is 0.523. The number of carbonyl (C=O) groups is 4. The summed E-state index contributed by atoms with van der Waals surface area (Å²) in [5.41, 5.74) is -0.659. The van der Waals surface area contributed by atoms with Crippen LogP contribution < -0.4 is 4.90 Å². The van der Waals surface area contributed by atoms with Crippen LogP contribution in [0.15, 0.2) is 53.4 Å². The maximum absolute atomic E-state index is 14.0. The second-order valence-corrected chi connectivity index (χ2v) is 9.34. The third kappa shape index (κ3) is 2.10. The largest absolute Gasteiger partial charge is 0.469 e. The number of methoxy groups -OCH3 is 2. The number of thioether (sulfide) groups is 1. The summed E-state index contributed by atoms with van der Waals surface area (Å²) >= 11 is 1.32. The molecule has 1 fully saturated rings. The first-order valence-electron chi connectivity index (χ1n) is 9.76. The minimum absolute atomic E-state index is 0.254. The van der Waals surface area contributed by atoms with Crippen molar-refractivity contribution in [1.29, 1.82) is 0 Å². The Hall–Kier alpha value is -3.13. The molecule has 2 heterocycles. The zero-order valence-electron chi connectivity index (χ0n) is 17.1. The molecule has 0 aromatic heterocycles. The Balaban J connectivity index is 1.86. The van der Waals surface area contributed by atoms with Gasteiger partial charge in [-0.3, -0.25) is 14.4 Å². The second-order valence-electron chi connectivity index (χ2n) is 7.90. The molecule has 5 rings (SSSR count). The molecule has 0 bridgehead atoms. The Morgan fingerprint density at radius 3 is 2.03 bits per heavy atom. The number of fused-ring (bicyclic) bond motifs is 5. The van der Waals surface area contributed by atoms with Gasteiger partial charge < -0.3 is 14.4 Å². The minimum Gasteiger partial charge on any atom is -0.469 e. The topological polar surface area (TPSA) is 90.0 Å². The van der Waals surface area contributed by atoms with Crippen molar-refractivity contribution in [2.75, 3.05) is 19.1 Å². The van der Waals surface area contributed by atoms with E-state index >= 15 is 0 Å². The van der Waals surface area contributed by atoms with Crippen molar-refractivity contribution in [3.05, 3.63) is 59.7 Å². The van der Waals surface area contributed by atoms with E-state index in [9.17, 15) is 19.2 Å². The van der Waals surface area contributed by atoms with Gasteiger partial charge in [0.1, 0.15) is 22.2 Å². The molecule has 0 saturated carbocycles. The van der Waals surface area contributed by atoms with Gasteiger partial charge in [-0.1, -0.05) is 48.2 Å². The number of rotatable bonds is 2. The lowest BCUT2D eigenvalue weighted by atomic mass is 9.67. The predicted octanol–water partition coefficient (Wildman–Crippen LogP) is 2.72. The van der Waals surface area contributed by atoms with E-state index in [2.05, 4.69) is 0 Å². The SMILES string of the molecule is COC(=O)[C@@H]1[C@@H](C(=O)OC)C2(C(=O)c3ccccc3C2=O)C2(C)Sc3ccccc3N12. The van der Waals surface area contributed by atoms with E-state index in [0.29, 0.717) is 5.69 Å². The summed E-state index contributed by atoms with van der Waals surface area (Å²) in [7, 11) is 2.41. The van der Waals surface area contributed by atoms with Crippen molar-refractivity contribution < 1.29 is 28.7 Å². The Bertz CT molecular complexity index is 1140. The molecule has 0 amide bonds. The number of hydrogen-bond acceptors (Lipinski definition) is 8. The van der Waals surface area contributed by atoms with E-state index in [1.165, 1.54) is 26.0 Å². The van der Waals surface area contributed by atoms with Crippen LogP contribution in [0.25, 0.3) is 0 Å². The zero-order chi connectivity index (χ0) is 22.1. The van der Waals surface area contributed by atoms with Crippen molar-refractivity contribution >= 4 is 41.0 Å². The van der Waals surface area contributed by atoms with Crippen molar-refractivity contribution in [2.24, 2.45) is 11.3 Å². The zero-order valence-corrected chi connectivity index (χ0v) is 17.9. The molecule has 1 unspecified atom stereocenters. The van der Waals surface area contributed by atoms with Crippen LogP contribution in [-0.2, 0) is 19.1 Å². The molecule has 2 aromatic rings. The van der Waals surface area contributed by atoms with E-state index in [0.717, 1.165) is 4.90 Å². The lowest BCUT2D eigenvalue weighted by Crippen LogP contribution is -2.56. The molecule has 158 valence electrons. The fourth-order valence-corrected chi connectivity index (χ4v) is 7.13. The average Bonchev–Trinajstić information content (AvgIpc) is 3.30. The van der Waals surface area contributed by atoms with Gasteiger partial charge in [0.25, 0.3) is 0 Å². The number of para-hydroxylation sites is 1. The maximum Gasteiger partial charge on any atom is 0.329 e. The highest BCUT2D eigenvalue weighted by Gasteiger charge is 2.81. The lowest BCUT2D eigenvalue weighted by molar-refractivity contribution is -0.154. The van der Waals surface area contributed by atoms with E-state index in [1.54, 1.807) is 36.1 Å². The van der Waals surface area contributed by atoms with Crippen molar-refractivity contribution in [1.82, 2.24) is 0 Å². The third-order valence-corrected chi connectivity index (χ3v) is 8.20. The molecule has 1 aliphatic carbocycles. The minimum atomic E-state index is -1.84. The molecule has 3 aliphatic rings. The van der Waals surface area contributed by atoms with Crippen LogP contribution in [-0.4, -0.2) is 48.6 Å². The number of nitrogens with zero attached hydrogens (tertiary/aromatic N) is 1. The molecule has 3 atom stereocenters. The normalized spacial score (nSPS) is 27.1. The number of Topliss-reactive ketones (excluding diaryl/α,β-unsaturated/α-hetero) is 2. The van der Waals surface area contributed by atoms with Gasteiger partial charge in [0.15, 0.2) is 11.6 Å². The summed E-state index contributed by atoms with van der Waals surface area (Å²) in [5.74, 6) is -3.79. The summed E-state index contributed by atoms with van der Waals surface area (Å²) in [6.45, 7) is 1.75. The molecular weight excluding hydrogens is 418 g/mol. The highest BCUT2D eigenvalue weighted by Crippen LogP contribution is 2.69. The van der Waals surface area contributed by atoms with Gasteiger partial charge in [-0.25, -0.2) is 4.79 Å². The summed E-state index contributed by atoms with van der Waals surface area (Å²) in [5, 5.41) is 0. The third-order valence-electron chi connectivity index (χ3n) is 6.72.